The van der Waals surface area contributed by atoms with Crippen LogP contribution in [-0.4, -0.2) is 42.7 Å². The van der Waals surface area contributed by atoms with E-state index < -0.39 is 0 Å². The van der Waals surface area contributed by atoms with Crippen LogP contribution in [0.25, 0.3) is 0 Å². The van der Waals surface area contributed by atoms with E-state index in [4.69, 9.17) is 5.73 Å². The van der Waals surface area contributed by atoms with Gasteiger partial charge in [0.2, 0.25) is 0 Å². The number of likely N-dealkylation sites (tertiary alicyclic amines) is 1. The van der Waals surface area contributed by atoms with Gasteiger partial charge in [0.1, 0.15) is 0 Å². The Labute approximate surface area is 94.4 Å². The zero-order chi connectivity index (χ0) is 11.3. The molecule has 1 aliphatic rings. The zero-order valence-corrected chi connectivity index (χ0v) is 10.6. The molecule has 3 N–H and O–H groups in total. The van der Waals surface area contributed by atoms with Gasteiger partial charge in [-0.2, -0.15) is 0 Å². The molecule has 3 heteroatoms. The molecule has 0 spiro atoms. The highest BCUT2D eigenvalue weighted by atomic mass is 15.1. The van der Waals surface area contributed by atoms with Gasteiger partial charge >= 0.3 is 0 Å². The monoisotopic (exact) mass is 213 g/mol. The molecule has 0 saturated carbocycles. The summed E-state index contributed by atoms with van der Waals surface area (Å²) in [5, 5.41) is 3.75. The minimum Gasteiger partial charge on any atom is -0.329 e. The van der Waals surface area contributed by atoms with E-state index in [-0.39, 0.29) is 0 Å². The van der Waals surface area contributed by atoms with Gasteiger partial charge in [0.15, 0.2) is 0 Å². The van der Waals surface area contributed by atoms with E-state index in [0.29, 0.717) is 11.6 Å². The van der Waals surface area contributed by atoms with Gasteiger partial charge in [0, 0.05) is 24.7 Å². The second-order valence-electron chi connectivity index (χ2n) is 5.29. The van der Waals surface area contributed by atoms with Crippen LogP contribution in [0.3, 0.4) is 0 Å². The molecule has 0 aromatic carbocycles. The van der Waals surface area contributed by atoms with Gasteiger partial charge in [0.05, 0.1) is 0 Å². The largest absolute Gasteiger partial charge is 0.329 e. The lowest BCUT2D eigenvalue weighted by molar-refractivity contribution is 0.179. The van der Waals surface area contributed by atoms with E-state index in [9.17, 15) is 0 Å². The molecule has 0 atom stereocenters. The van der Waals surface area contributed by atoms with Crippen molar-refractivity contribution in [3.8, 4) is 0 Å². The lowest BCUT2D eigenvalue weighted by Gasteiger charge is -2.37. The van der Waals surface area contributed by atoms with Gasteiger partial charge in [-0.3, -0.25) is 0 Å². The predicted octanol–water partition coefficient (Wildman–Crippen LogP) is 1.19. The van der Waals surface area contributed by atoms with Crippen molar-refractivity contribution in [3.63, 3.8) is 0 Å². The summed E-state index contributed by atoms with van der Waals surface area (Å²) in [6.07, 6.45) is 3.73. The maximum absolute atomic E-state index is 5.56. The zero-order valence-electron chi connectivity index (χ0n) is 10.6. The first-order chi connectivity index (χ1) is 7.07. The van der Waals surface area contributed by atoms with Crippen molar-refractivity contribution in [1.29, 1.82) is 0 Å². The summed E-state index contributed by atoms with van der Waals surface area (Å²) < 4.78 is 0. The SMILES string of the molecule is CCC(C)(C)NC1CCN(CCN)CC1. The number of hydrogen-bond acceptors (Lipinski definition) is 3. The predicted molar refractivity (Wildman–Crippen MR) is 66.0 cm³/mol. The highest BCUT2D eigenvalue weighted by Gasteiger charge is 2.23. The molecule has 1 saturated heterocycles. The Balaban J connectivity index is 2.25. The Kier molecular flexibility index (Phi) is 5.03. The Morgan fingerprint density at radius 2 is 1.93 bits per heavy atom. The topological polar surface area (TPSA) is 41.3 Å². The molecule has 0 amide bonds. The van der Waals surface area contributed by atoms with Crippen LogP contribution in [0, 0.1) is 0 Å². The van der Waals surface area contributed by atoms with Gasteiger partial charge in [-0.1, -0.05) is 6.92 Å². The van der Waals surface area contributed by atoms with Crippen LogP contribution < -0.4 is 11.1 Å². The Morgan fingerprint density at radius 3 is 2.40 bits per heavy atom. The van der Waals surface area contributed by atoms with Crippen molar-refractivity contribution in [2.75, 3.05) is 26.2 Å². The highest BCUT2D eigenvalue weighted by molar-refractivity contribution is 4.84. The minimum atomic E-state index is 0.292. The van der Waals surface area contributed by atoms with Gasteiger partial charge in [0.25, 0.3) is 0 Å². The molecule has 0 aliphatic carbocycles. The van der Waals surface area contributed by atoms with Crippen LogP contribution >= 0.6 is 0 Å². The smallest absolute Gasteiger partial charge is 0.0125 e. The van der Waals surface area contributed by atoms with Gasteiger partial charge in [-0.05, 0) is 46.2 Å². The minimum absolute atomic E-state index is 0.292. The van der Waals surface area contributed by atoms with E-state index in [1.54, 1.807) is 0 Å². The summed E-state index contributed by atoms with van der Waals surface area (Å²) >= 11 is 0. The molecule has 0 aromatic heterocycles. The Morgan fingerprint density at radius 1 is 1.33 bits per heavy atom. The van der Waals surface area contributed by atoms with Crippen LogP contribution in [0.15, 0.2) is 0 Å². The molecule has 3 nitrogen and oxygen atoms in total. The fraction of sp³-hybridized carbons (Fsp3) is 1.00. The van der Waals surface area contributed by atoms with Crippen molar-refractivity contribution in [1.82, 2.24) is 10.2 Å². The third-order valence-corrected chi connectivity index (χ3v) is 3.51. The molecule has 0 bridgehead atoms. The Bertz CT molecular complexity index is 172. The van der Waals surface area contributed by atoms with Crippen LogP contribution in [0.1, 0.15) is 40.0 Å². The van der Waals surface area contributed by atoms with Crippen LogP contribution in [0.2, 0.25) is 0 Å². The standard InChI is InChI=1S/C12H27N3/c1-4-12(2,3)14-11-5-8-15(9-6-11)10-7-13/h11,14H,4-10,13H2,1-3H3. The molecule has 1 aliphatic heterocycles. The van der Waals surface area contributed by atoms with E-state index >= 15 is 0 Å². The molecule has 90 valence electrons. The number of hydrogen-bond donors (Lipinski definition) is 2. The number of piperidine rings is 1. The van der Waals surface area contributed by atoms with Crippen molar-refractivity contribution in [2.24, 2.45) is 5.73 Å². The molecule has 15 heavy (non-hydrogen) atoms. The number of nitrogens with one attached hydrogen (secondary N) is 1. The van der Waals surface area contributed by atoms with Crippen molar-refractivity contribution < 1.29 is 0 Å². The number of nitrogens with zero attached hydrogens (tertiary/aromatic N) is 1. The van der Waals surface area contributed by atoms with Crippen molar-refractivity contribution in [3.05, 3.63) is 0 Å². The average molecular weight is 213 g/mol. The molecule has 1 heterocycles. The molecule has 1 fully saturated rings. The second kappa shape index (κ2) is 5.83. The van der Waals surface area contributed by atoms with Gasteiger partial charge in [-0.25, -0.2) is 0 Å². The summed E-state index contributed by atoms with van der Waals surface area (Å²) in [7, 11) is 0. The van der Waals surface area contributed by atoms with Crippen molar-refractivity contribution >= 4 is 0 Å². The second-order valence-corrected chi connectivity index (χ2v) is 5.29. The molecule has 0 aromatic rings. The molecular formula is C12H27N3. The molecular weight excluding hydrogens is 186 g/mol. The van der Waals surface area contributed by atoms with Crippen LogP contribution in [0.4, 0.5) is 0 Å². The maximum atomic E-state index is 5.56. The third kappa shape index (κ3) is 4.49. The van der Waals surface area contributed by atoms with Crippen molar-refractivity contribution in [2.45, 2.75) is 51.6 Å². The quantitative estimate of drug-likeness (QED) is 0.721. The molecule has 1 rings (SSSR count). The van der Waals surface area contributed by atoms with Gasteiger partial charge < -0.3 is 16.0 Å². The van der Waals surface area contributed by atoms with E-state index in [2.05, 4.69) is 31.0 Å². The average Bonchev–Trinajstić information content (AvgIpc) is 2.21. The van der Waals surface area contributed by atoms with E-state index in [1.165, 1.54) is 32.4 Å². The fourth-order valence-corrected chi connectivity index (χ4v) is 2.14. The number of nitrogens with two attached hydrogens (primary N) is 1. The normalized spacial score (nSPS) is 20.8. The Hall–Kier alpha value is -0.120. The maximum Gasteiger partial charge on any atom is 0.0125 e. The van der Waals surface area contributed by atoms with Gasteiger partial charge in [-0.15, -0.1) is 0 Å². The fourth-order valence-electron chi connectivity index (χ4n) is 2.14. The summed E-state index contributed by atoms with van der Waals surface area (Å²) in [6.45, 7) is 11.1. The first-order valence-corrected chi connectivity index (χ1v) is 6.27. The molecule has 0 radical (unpaired) electrons. The first kappa shape index (κ1) is 12.9. The summed E-state index contributed by atoms with van der Waals surface area (Å²) in [4.78, 5) is 2.47. The van der Waals surface area contributed by atoms with Crippen LogP contribution in [0.5, 0.6) is 0 Å². The lowest BCUT2D eigenvalue weighted by atomic mass is 9.96. The molecule has 0 unspecified atom stereocenters. The third-order valence-electron chi connectivity index (χ3n) is 3.51. The van der Waals surface area contributed by atoms with E-state index in [1.807, 2.05) is 0 Å². The number of rotatable bonds is 5. The lowest BCUT2D eigenvalue weighted by Crippen LogP contribution is -2.50. The summed E-state index contributed by atoms with van der Waals surface area (Å²) in [5.74, 6) is 0. The van der Waals surface area contributed by atoms with E-state index in [0.717, 1.165) is 13.1 Å². The first-order valence-electron chi connectivity index (χ1n) is 6.27. The summed E-state index contributed by atoms with van der Waals surface area (Å²) in [6, 6.07) is 0.703. The highest BCUT2D eigenvalue weighted by Crippen LogP contribution is 2.15. The van der Waals surface area contributed by atoms with Crippen LogP contribution in [-0.2, 0) is 0 Å². The summed E-state index contributed by atoms with van der Waals surface area (Å²) in [5.41, 5.74) is 5.85.